The van der Waals surface area contributed by atoms with E-state index in [0.29, 0.717) is 5.92 Å². The van der Waals surface area contributed by atoms with Gasteiger partial charge in [-0.15, -0.1) is 0 Å². The van der Waals surface area contributed by atoms with Gasteiger partial charge in [0, 0.05) is 6.54 Å². The number of imide groups is 1. The number of unbranched alkanes of at least 4 members (excludes halogenated alkanes) is 5. The highest BCUT2D eigenvalue weighted by atomic mass is 16.2. The third kappa shape index (κ3) is 3.58. The van der Waals surface area contributed by atoms with Crippen molar-refractivity contribution in [2.24, 2.45) is 5.92 Å². The molecule has 1 heterocycles. The molecule has 0 aromatic carbocycles. The molecule has 0 bridgehead atoms. The van der Waals surface area contributed by atoms with E-state index in [4.69, 9.17) is 0 Å². The van der Waals surface area contributed by atoms with Crippen LogP contribution in [0.5, 0.6) is 0 Å². The van der Waals surface area contributed by atoms with Crippen LogP contribution >= 0.6 is 0 Å². The van der Waals surface area contributed by atoms with Crippen molar-refractivity contribution in [3.05, 3.63) is 0 Å². The molecule has 4 nitrogen and oxygen atoms in total. The summed E-state index contributed by atoms with van der Waals surface area (Å²) in [5.74, 6) is 0.479. The summed E-state index contributed by atoms with van der Waals surface area (Å²) in [4.78, 5) is 26.3. The molecular weight excluding hydrogens is 264 g/mol. The first-order valence-corrected chi connectivity index (χ1v) is 8.73. The lowest BCUT2D eigenvalue weighted by Gasteiger charge is -2.40. The summed E-state index contributed by atoms with van der Waals surface area (Å²) in [7, 11) is 0. The van der Waals surface area contributed by atoms with Gasteiger partial charge < -0.3 is 4.90 Å². The second-order valence-corrected chi connectivity index (χ2v) is 6.91. The zero-order valence-electron chi connectivity index (χ0n) is 13.6. The Balaban J connectivity index is 1.89. The average molecular weight is 294 g/mol. The molecule has 2 fully saturated rings. The average Bonchev–Trinajstić information content (AvgIpc) is 2.66. The van der Waals surface area contributed by atoms with Crippen LogP contribution in [0.1, 0.15) is 78.1 Å². The molecule has 0 aromatic rings. The van der Waals surface area contributed by atoms with Gasteiger partial charge in [0.1, 0.15) is 5.54 Å². The Morgan fingerprint density at radius 3 is 2.62 bits per heavy atom. The predicted octanol–water partition coefficient (Wildman–Crippen LogP) is 3.85. The number of nitrogens with one attached hydrogen (secondary N) is 1. The van der Waals surface area contributed by atoms with Crippen LogP contribution in [0, 0.1) is 5.92 Å². The number of urea groups is 1. The fraction of sp³-hybridized carbons (Fsp3) is 0.882. The third-order valence-corrected chi connectivity index (χ3v) is 5.11. The van der Waals surface area contributed by atoms with Crippen LogP contribution in [0.4, 0.5) is 4.79 Å². The fourth-order valence-corrected chi connectivity index (χ4v) is 3.94. The van der Waals surface area contributed by atoms with Gasteiger partial charge in [0.05, 0.1) is 0 Å². The SMILES string of the molecule is CCCCCCCCN1C(=O)NC(=O)C12CCCC(C)C2. The minimum atomic E-state index is -0.530. The Morgan fingerprint density at radius 2 is 1.90 bits per heavy atom. The summed E-state index contributed by atoms with van der Waals surface area (Å²) in [6, 6.07) is -0.164. The maximum atomic E-state index is 12.3. The summed E-state index contributed by atoms with van der Waals surface area (Å²) in [5, 5.41) is 2.56. The van der Waals surface area contributed by atoms with E-state index in [1.54, 1.807) is 0 Å². The highest BCUT2D eigenvalue weighted by Gasteiger charge is 2.53. The van der Waals surface area contributed by atoms with E-state index in [-0.39, 0.29) is 11.9 Å². The molecule has 120 valence electrons. The van der Waals surface area contributed by atoms with Crippen LogP contribution < -0.4 is 5.32 Å². The van der Waals surface area contributed by atoms with Crippen LogP contribution in [0.2, 0.25) is 0 Å². The summed E-state index contributed by atoms with van der Waals surface area (Å²) in [6.07, 6.45) is 11.1. The van der Waals surface area contributed by atoms with Gasteiger partial charge in [0.2, 0.25) is 0 Å². The number of carbonyl (C=O) groups is 2. The van der Waals surface area contributed by atoms with Crippen molar-refractivity contribution >= 4 is 11.9 Å². The first-order chi connectivity index (χ1) is 10.1. The highest BCUT2D eigenvalue weighted by Crippen LogP contribution is 2.39. The zero-order valence-corrected chi connectivity index (χ0v) is 13.6. The Bertz CT molecular complexity index is 383. The quantitative estimate of drug-likeness (QED) is 0.573. The van der Waals surface area contributed by atoms with Gasteiger partial charge in [-0.05, 0) is 25.2 Å². The van der Waals surface area contributed by atoms with Gasteiger partial charge in [-0.1, -0.05) is 58.8 Å². The van der Waals surface area contributed by atoms with Gasteiger partial charge in [-0.2, -0.15) is 0 Å². The number of carbonyl (C=O) groups excluding carboxylic acids is 2. The molecule has 1 aliphatic heterocycles. The maximum Gasteiger partial charge on any atom is 0.325 e. The molecule has 1 saturated carbocycles. The topological polar surface area (TPSA) is 49.4 Å². The molecule has 1 N–H and O–H groups in total. The third-order valence-electron chi connectivity index (χ3n) is 5.11. The van der Waals surface area contributed by atoms with Crippen molar-refractivity contribution in [2.45, 2.75) is 83.6 Å². The second kappa shape index (κ2) is 7.28. The summed E-state index contributed by atoms with van der Waals surface area (Å²) in [5.41, 5.74) is -0.530. The maximum absolute atomic E-state index is 12.3. The van der Waals surface area contributed by atoms with Crippen molar-refractivity contribution in [3.8, 4) is 0 Å². The van der Waals surface area contributed by atoms with E-state index in [1.165, 1.54) is 32.1 Å². The molecule has 1 spiro atoms. The van der Waals surface area contributed by atoms with Crippen LogP contribution in [-0.4, -0.2) is 28.9 Å². The normalized spacial score (nSPS) is 29.2. The highest BCUT2D eigenvalue weighted by molar-refractivity contribution is 6.07. The standard InChI is InChI=1S/C17H30N2O2/c1-3-4-5-6-7-8-12-19-16(21)18-15(20)17(19)11-9-10-14(2)13-17/h14H,3-13H2,1-2H3,(H,18,20,21). The predicted molar refractivity (Wildman–Crippen MR) is 84.0 cm³/mol. The lowest BCUT2D eigenvalue weighted by atomic mass is 9.75. The van der Waals surface area contributed by atoms with Crippen molar-refractivity contribution in [2.75, 3.05) is 6.54 Å². The van der Waals surface area contributed by atoms with E-state index >= 15 is 0 Å². The van der Waals surface area contributed by atoms with E-state index in [0.717, 1.165) is 38.6 Å². The largest absolute Gasteiger partial charge is 0.325 e. The van der Waals surface area contributed by atoms with Crippen LogP contribution in [0.25, 0.3) is 0 Å². The smallest absolute Gasteiger partial charge is 0.310 e. The molecule has 2 atom stereocenters. The van der Waals surface area contributed by atoms with Crippen molar-refractivity contribution in [1.29, 1.82) is 0 Å². The summed E-state index contributed by atoms with van der Waals surface area (Å²) >= 11 is 0. The number of hydrogen-bond acceptors (Lipinski definition) is 2. The Hall–Kier alpha value is -1.06. The fourth-order valence-electron chi connectivity index (χ4n) is 3.94. The van der Waals surface area contributed by atoms with Gasteiger partial charge in [-0.3, -0.25) is 10.1 Å². The van der Waals surface area contributed by atoms with E-state index in [9.17, 15) is 9.59 Å². The van der Waals surface area contributed by atoms with Crippen molar-refractivity contribution in [1.82, 2.24) is 10.2 Å². The van der Waals surface area contributed by atoms with Crippen LogP contribution in [0.15, 0.2) is 0 Å². The van der Waals surface area contributed by atoms with E-state index in [1.807, 2.05) is 4.90 Å². The van der Waals surface area contributed by atoms with Gasteiger partial charge >= 0.3 is 6.03 Å². The number of hydrogen-bond donors (Lipinski definition) is 1. The summed E-state index contributed by atoms with van der Waals surface area (Å²) in [6.45, 7) is 5.14. The Morgan fingerprint density at radius 1 is 1.19 bits per heavy atom. The first-order valence-electron chi connectivity index (χ1n) is 8.73. The monoisotopic (exact) mass is 294 g/mol. The van der Waals surface area contributed by atoms with Crippen LogP contribution in [0.3, 0.4) is 0 Å². The van der Waals surface area contributed by atoms with Gasteiger partial charge in [0.25, 0.3) is 5.91 Å². The van der Waals surface area contributed by atoms with Crippen molar-refractivity contribution in [3.63, 3.8) is 0 Å². The van der Waals surface area contributed by atoms with Gasteiger partial charge in [0.15, 0.2) is 0 Å². The lowest BCUT2D eigenvalue weighted by Crippen LogP contribution is -2.52. The molecule has 4 heteroatoms. The molecule has 2 aliphatic rings. The molecule has 1 saturated heterocycles. The lowest BCUT2D eigenvalue weighted by molar-refractivity contribution is -0.129. The number of nitrogens with zero attached hydrogens (tertiary/aromatic N) is 1. The number of amides is 3. The molecule has 21 heavy (non-hydrogen) atoms. The molecule has 3 amide bonds. The minimum absolute atomic E-state index is 0.0509. The Labute approximate surface area is 128 Å². The molecule has 2 unspecified atom stereocenters. The van der Waals surface area contributed by atoms with Gasteiger partial charge in [-0.25, -0.2) is 4.79 Å². The molecule has 0 aromatic heterocycles. The van der Waals surface area contributed by atoms with Crippen LogP contribution in [-0.2, 0) is 4.79 Å². The zero-order chi connectivity index (χ0) is 15.3. The second-order valence-electron chi connectivity index (χ2n) is 6.91. The summed E-state index contributed by atoms with van der Waals surface area (Å²) < 4.78 is 0. The molecule has 0 radical (unpaired) electrons. The number of rotatable bonds is 7. The first kappa shape index (κ1) is 16.3. The van der Waals surface area contributed by atoms with E-state index in [2.05, 4.69) is 19.2 Å². The van der Waals surface area contributed by atoms with E-state index < -0.39 is 5.54 Å². The molecular formula is C17H30N2O2. The Kier molecular flexibility index (Phi) is 5.65. The minimum Gasteiger partial charge on any atom is -0.310 e. The van der Waals surface area contributed by atoms with Crippen molar-refractivity contribution < 1.29 is 9.59 Å². The molecule has 2 rings (SSSR count). The molecule has 1 aliphatic carbocycles.